The number of carboxylic acid groups (broad SMARTS) is 1. The molecule has 0 aliphatic heterocycles. The molecule has 1 aromatic carbocycles. The molecule has 0 heterocycles. The number of benzene rings is 1. The maximum Gasteiger partial charge on any atom is 0.326 e. The van der Waals surface area contributed by atoms with Crippen LogP contribution in [0.15, 0.2) is 66.8 Å². The molecule has 6 heteroatoms. The highest BCUT2D eigenvalue weighted by Crippen LogP contribution is 2.25. The third-order valence-corrected chi connectivity index (χ3v) is 4.86. The van der Waals surface area contributed by atoms with Crippen molar-refractivity contribution in [3.63, 3.8) is 0 Å². The highest BCUT2D eigenvalue weighted by Gasteiger charge is 2.20. The van der Waals surface area contributed by atoms with Crippen molar-refractivity contribution in [3.8, 4) is 11.5 Å². The van der Waals surface area contributed by atoms with Crippen molar-refractivity contribution in [2.75, 3.05) is 0 Å². The number of carbonyl (C=O) groups is 2. The lowest BCUT2D eigenvalue weighted by molar-refractivity contribution is -0.141. The van der Waals surface area contributed by atoms with Gasteiger partial charge < -0.3 is 20.6 Å². The Hall–Kier alpha value is -3.28. The molecule has 0 aromatic heterocycles. The molecular formula is C27H37NO5. The number of nitrogens with one attached hydrogen (secondary N) is 1. The molecule has 0 unspecified atom stereocenters. The first-order chi connectivity index (χ1) is 15.9. The molecule has 1 amide bonds. The van der Waals surface area contributed by atoms with Crippen LogP contribution >= 0.6 is 0 Å². The Kier molecular flexibility index (Phi) is 14.5. The van der Waals surface area contributed by atoms with Gasteiger partial charge in [-0.2, -0.15) is 0 Å². The number of rotatable bonds is 16. The molecule has 1 rings (SSSR count). The minimum Gasteiger partial charge on any atom is -0.504 e. The maximum atomic E-state index is 12.1. The smallest absolute Gasteiger partial charge is 0.326 e. The quantitative estimate of drug-likeness (QED) is 0.148. The van der Waals surface area contributed by atoms with Crippen LogP contribution < -0.4 is 5.32 Å². The van der Waals surface area contributed by atoms with Crippen LogP contribution in [0.4, 0.5) is 0 Å². The molecule has 0 radical (unpaired) electrons. The Morgan fingerprint density at radius 3 is 2.06 bits per heavy atom. The standard InChI is InChI=1S/C27H37NO5/c1-2-3-4-5-6-7-8-9-10-11-12-13-14-15-16-17-26(31)28-23(27(32)33)20-22-18-19-24(29)25(30)21-22/h3-4,6-7,9-10,12-13,18-19,21,23,29-30H,2,5,8,11,14-17,20H2,1H3,(H,28,31)(H,32,33)/b4-3-,7-6-,10-9-,13-12-/t23-/m0/s1. The molecule has 33 heavy (non-hydrogen) atoms. The molecule has 1 aromatic rings. The van der Waals surface area contributed by atoms with Crippen LogP contribution in [-0.2, 0) is 16.0 Å². The lowest BCUT2D eigenvalue weighted by atomic mass is 10.0. The van der Waals surface area contributed by atoms with E-state index in [2.05, 4.69) is 60.8 Å². The van der Waals surface area contributed by atoms with Crippen LogP contribution in [0.3, 0.4) is 0 Å². The molecule has 0 saturated carbocycles. The van der Waals surface area contributed by atoms with Gasteiger partial charge in [-0.3, -0.25) is 4.79 Å². The van der Waals surface area contributed by atoms with Gasteiger partial charge in [-0.05, 0) is 62.6 Å². The average molecular weight is 456 g/mol. The van der Waals surface area contributed by atoms with Crippen molar-refractivity contribution in [1.29, 1.82) is 0 Å². The Morgan fingerprint density at radius 2 is 1.48 bits per heavy atom. The fourth-order valence-corrected chi connectivity index (χ4v) is 3.04. The highest BCUT2D eigenvalue weighted by atomic mass is 16.4. The summed E-state index contributed by atoms with van der Waals surface area (Å²) >= 11 is 0. The van der Waals surface area contributed by atoms with E-state index in [0.717, 1.165) is 38.5 Å². The highest BCUT2D eigenvalue weighted by molar-refractivity contribution is 5.83. The van der Waals surface area contributed by atoms with E-state index in [1.54, 1.807) is 0 Å². The van der Waals surface area contributed by atoms with Gasteiger partial charge in [0.25, 0.3) is 0 Å². The Bertz CT molecular complexity index is 839. The molecule has 0 fully saturated rings. The summed E-state index contributed by atoms with van der Waals surface area (Å²) in [6, 6.07) is 3.01. The zero-order valence-corrected chi connectivity index (χ0v) is 19.5. The summed E-state index contributed by atoms with van der Waals surface area (Å²) in [5.74, 6) is -2.05. The second kappa shape index (κ2) is 17.3. The van der Waals surface area contributed by atoms with Crippen LogP contribution in [-0.4, -0.2) is 33.2 Å². The zero-order chi connectivity index (χ0) is 24.3. The average Bonchev–Trinajstić information content (AvgIpc) is 2.78. The number of hydrogen-bond acceptors (Lipinski definition) is 4. The summed E-state index contributed by atoms with van der Waals surface area (Å²) < 4.78 is 0. The van der Waals surface area contributed by atoms with Crippen LogP contribution in [0.1, 0.15) is 63.9 Å². The first-order valence-electron chi connectivity index (χ1n) is 11.6. The van der Waals surface area contributed by atoms with Crippen molar-refractivity contribution < 1.29 is 24.9 Å². The molecule has 4 N–H and O–H groups in total. The van der Waals surface area contributed by atoms with Crippen LogP contribution in [0.2, 0.25) is 0 Å². The molecule has 0 bridgehead atoms. The lowest BCUT2D eigenvalue weighted by Crippen LogP contribution is -2.42. The molecular weight excluding hydrogens is 418 g/mol. The molecule has 0 aliphatic rings. The topological polar surface area (TPSA) is 107 Å². The molecule has 0 aliphatic carbocycles. The number of aromatic hydroxyl groups is 2. The van der Waals surface area contributed by atoms with Crippen molar-refractivity contribution in [2.24, 2.45) is 0 Å². The number of unbranched alkanes of at least 4 members (excludes halogenated alkanes) is 2. The van der Waals surface area contributed by atoms with Crippen LogP contribution in [0.25, 0.3) is 0 Å². The van der Waals surface area contributed by atoms with Crippen LogP contribution in [0, 0.1) is 0 Å². The first-order valence-corrected chi connectivity index (χ1v) is 11.6. The predicted molar refractivity (Wildman–Crippen MR) is 132 cm³/mol. The summed E-state index contributed by atoms with van der Waals surface area (Å²) in [6.07, 6.45) is 23.7. The minimum atomic E-state index is -1.14. The molecule has 0 saturated heterocycles. The largest absolute Gasteiger partial charge is 0.504 e. The van der Waals surface area contributed by atoms with Gasteiger partial charge in [0.05, 0.1) is 0 Å². The SMILES string of the molecule is CC/C=C\C/C=C\C/C=C\C/C=C\CCCCC(=O)N[C@@H](Cc1ccc(O)c(O)c1)C(=O)O. The summed E-state index contributed by atoms with van der Waals surface area (Å²) in [5, 5.41) is 30.8. The number of aliphatic carboxylic acids is 1. The summed E-state index contributed by atoms with van der Waals surface area (Å²) in [5.41, 5.74) is 0.511. The molecule has 0 spiro atoms. The number of carboxylic acids is 1. The van der Waals surface area contributed by atoms with E-state index in [9.17, 15) is 24.9 Å². The van der Waals surface area contributed by atoms with E-state index < -0.39 is 12.0 Å². The van der Waals surface area contributed by atoms with E-state index in [-0.39, 0.29) is 30.2 Å². The first kappa shape index (κ1) is 27.8. The summed E-state index contributed by atoms with van der Waals surface area (Å²) in [4.78, 5) is 23.6. The Morgan fingerprint density at radius 1 is 0.879 bits per heavy atom. The van der Waals surface area contributed by atoms with Crippen molar-refractivity contribution in [2.45, 2.75) is 70.8 Å². The van der Waals surface area contributed by atoms with E-state index in [1.165, 1.54) is 18.2 Å². The predicted octanol–water partition coefficient (Wildman–Crippen LogP) is 5.58. The molecule has 6 nitrogen and oxygen atoms in total. The van der Waals surface area contributed by atoms with Gasteiger partial charge in [0.15, 0.2) is 11.5 Å². The fraction of sp³-hybridized carbons (Fsp3) is 0.407. The number of allylic oxidation sites excluding steroid dienone is 8. The Labute approximate surface area is 197 Å². The lowest BCUT2D eigenvalue weighted by Gasteiger charge is -2.15. The normalized spacial score (nSPS) is 12.9. The van der Waals surface area contributed by atoms with Gasteiger partial charge in [-0.15, -0.1) is 0 Å². The number of phenols is 2. The summed E-state index contributed by atoms with van der Waals surface area (Å²) in [7, 11) is 0. The van der Waals surface area contributed by atoms with Crippen molar-refractivity contribution in [3.05, 3.63) is 72.4 Å². The van der Waals surface area contributed by atoms with E-state index in [1.807, 2.05) is 0 Å². The third kappa shape index (κ3) is 13.7. The maximum absolute atomic E-state index is 12.1. The number of amides is 1. The van der Waals surface area contributed by atoms with Gasteiger partial charge in [-0.25, -0.2) is 4.79 Å². The van der Waals surface area contributed by atoms with Crippen molar-refractivity contribution >= 4 is 11.9 Å². The fourth-order valence-electron chi connectivity index (χ4n) is 3.04. The van der Waals surface area contributed by atoms with Gasteiger partial charge in [0.1, 0.15) is 6.04 Å². The van der Waals surface area contributed by atoms with Gasteiger partial charge in [0.2, 0.25) is 5.91 Å². The third-order valence-electron chi connectivity index (χ3n) is 4.86. The van der Waals surface area contributed by atoms with E-state index in [4.69, 9.17) is 0 Å². The number of hydrogen-bond donors (Lipinski definition) is 4. The van der Waals surface area contributed by atoms with Gasteiger partial charge in [0, 0.05) is 12.8 Å². The van der Waals surface area contributed by atoms with E-state index >= 15 is 0 Å². The molecule has 1 atom stereocenters. The summed E-state index contributed by atoms with van der Waals surface area (Å²) in [6.45, 7) is 2.13. The number of phenolic OH excluding ortho intramolecular Hbond substituents is 2. The monoisotopic (exact) mass is 455 g/mol. The zero-order valence-electron chi connectivity index (χ0n) is 19.5. The van der Waals surface area contributed by atoms with E-state index in [0.29, 0.717) is 12.0 Å². The van der Waals surface area contributed by atoms with Crippen LogP contribution in [0.5, 0.6) is 11.5 Å². The number of carbonyl (C=O) groups excluding carboxylic acids is 1. The van der Waals surface area contributed by atoms with Gasteiger partial charge >= 0.3 is 5.97 Å². The minimum absolute atomic E-state index is 0.0247. The van der Waals surface area contributed by atoms with Crippen molar-refractivity contribution in [1.82, 2.24) is 5.32 Å². The second-order valence-corrected chi connectivity index (χ2v) is 7.73. The second-order valence-electron chi connectivity index (χ2n) is 7.73. The Balaban J connectivity index is 2.19. The van der Waals surface area contributed by atoms with Gasteiger partial charge in [-0.1, -0.05) is 61.6 Å². The molecule has 180 valence electrons.